The number of hydrogen-bond donors (Lipinski definition) is 0. The summed E-state index contributed by atoms with van der Waals surface area (Å²) in [5.41, 5.74) is 3.52. The fourth-order valence-corrected chi connectivity index (χ4v) is 4.21. The molecule has 4 heteroatoms. The van der Waals surface area contributed by atoms with E-state index in [0.717, 1.165) is 11.3 Å². The maximum atomic E-state index is 6.08. The van der Waals surface area contributed by atoms with Crippen LogP contribution in [-0.2, 0) is 10.2 Å². The summed E-state index contributed by atoms with van der Waals surface area (Å²) in [6.45, 7) is 15.4. The number of aliphatic imine (C=N–C) groups is 1. The summed E-state index contributed by atoms with van der Waals surface area (Å²) in [7, 11) is 2.14. The summed E-state index contributed by atoms with van der Waals surface area (Å²) in [6.07, 6.45) is 2.00. The molecule has 0 bridgehead atoms. The van der Waals surface area contributed by atoms with Gasteiger partial charge in [-0.05, 0) is 50.0 Å². The second-order valence-corrected chi connectivity index (χ2v) is 10.5. The quantitative estimate of drug-likeness (QED) is 0.383. The molecule has 0 spiro atoms. The summed E-state index contributed by atoms with van der Waals surface area (Å²) in [5, 5.41) is 2.47. The SMILES string of the molecule is COCOc1c(Pc2ccccc2/C=N/C(C)(C)C)cc(C)cc1C(C)(C)C. The van der Waals surface area contributed by atoms with E-state index in [4.69, 9.17) is 14.5 Å². The Morgan fingerprint density at radius 3 is 2.29 bits per heavy atom. The highest BCUT2D eigenvalue weighted by Crippen LogP contribution is 2.34. The molecule has 0 fully saturated rings. The summed E-state index contributed by atoms with van der Waals surface area (Å²) in [6, 6.07) is 12.9. The molecule has 0 aromatic heterocycles. The lowest BCUT2D eigenvalue weighted by Crippen LogP contribution is -2.21. The van der Waals surface area contributed by atoms with Crippen LogP contribution in [0.15, 0.2) is 41.4 Å². The van der Waals surface area contributed by atoms with Crippen LogP contribution in [0.3, 0.4) is 0 Å². The van der Waals surface area contributed by atoms with Gasteiger partial charge in [-0.3, -0.25) is 4.99 Å². The van der Waals surface area contributed by atoms with Gasteiger partial charge in [-0.1, -0.05) is 59.7 Å². The van der Waals surface area contributed by atoms with Gasteiger partial charge in [0.25, 0.3) is 0 Å². The molecule has 0 heterocycles. The zero-order valence-electron chi connectivity index (χ0n) is 18.5. The van der Waals surface area contributed by atoms with E-state index >= 15 is 0 Å². The van der Waals surface area contributed by atoms with Gasteiger partial charge in [0, 0.05) is 29.8 Å². The van der Waals surface area contributed by atoms with Gasteiger partial charge in [-0.25, -0.2) is 0 Å². The maximum Gasteiger partial charge on any atom is 0.188 e. The molecule has 0 saturated carbocycles. The van der Waals surface area contributed by atoms with Gasteiger partial charge in [0.1, 0.15) is 5.75 Å². The molecule has 3 nitrogen and oxygen atoms in total. The monoisotopic (exact) mass is 399 g/mol. The van der Waals surface area contributed by atoms with Gasteiger partial charge in [0.2, 0.25) is 0 Å². The molecule has 152 valence electrons. The summed E-state index contributed by atoms with van der Waals surface area (Å²) >= 11 is 0. The molecule has 2 aromatic rings. The standard InChI is InChI=1S/C24H34NO2P/c1-17-13-19(23(2,3)4)22(27-16-26-8)21(14-17)28-20-12-10-9-11-18(20)15-25-24(5,6)7/h9-15,28H,16H2,1-8H3/b25-15+. The van der Waals surface area contributed by atoms with Crippen molar-refractivity contribution in [3.63, 3.8) is 0 Å². The van der Waals surface area contributed by atoms with Crippen molar-refractivity contribution in [1.82, 2.24) is 0 Å². The van der Waals surface area contributed by atoms with Crippen LogP contribution in [0.25, 0.3) is 0 Å². The molecule has 0 aliphatic rings. The van der Waals surface area contributed by atoms with Crippen molar-refractivity contribution in [1.29, 1.82) is 0 Å². The lowest BCUT2D eigenvalue weighted by Gasteiger charge is -2.26. The molecule has 2 rings (SSSR count). The fourth-order valence-electron chi connectivity index (χ4n) is 2.83. The van der Waals surface area contributed by atoms with E-state index in [-0.39, 0.29) is 17.7 Å². The maximum absolute atomic E-state index is 6.08. The van der Waals surface area contributed by atoms with E-state index in [1.54, 1.807) is 7.11 Å². The molecular formula is C24H34NO2P. The Labute approximate surface area is 172 Å². The summed E-state index contributed by atoms with van der Waals surface area (Å²) < 4.78 is 11.3. The van der Waals surface area contributed by atoms with E-state index in [1.807, 2.05) is 6.21 Å². The average molecular weight is 400 g/mol. The third-order valence-corrected chi connectivity index (χ3v) is 5.55. The summed E-state index contributed by atoms with van der Waals surface area (Å²) in [4.78, 5) is 4.70. The first-order chi connectivity index (χ1) is 13.0. The number of benzene rings is 2. The third kappa shape index (κ3) is 6.43. The van der Waals surface area contributed by atoms with Crippen molar-refractivity contribution in [2.45, 2.75) is 59.4 Å². The molecule has 1 unspecified atom stereocenters. The second-order valence-electron chi connectivity index (χ2n) is 9.13. The van der Waals surface area contributed by atoms with E-state index in [9.17, 15) is 0 Å². The van der Waals surface area contributed by atoms with E-state index in [1.165, 1.54) is 21.7 Å². The third-order valence-electron chi connectivity index (χ3n) is 4.18. The number of nitrogens with zero attached hydrogens (tertiary/aromatic N) is 1. The van der Waals surface area contributed by atoms with Crippen LogP contribution in [0.5, 0.6) is 5.75 Å². The van der Waals surface area contributed by atoms with Crippen molar-refractivity contribution in [3.05, 3.63) is 53.1 Å². The first kappa shape index (κ1) is 22.6. The Bertz CT molecular complexity index is 829. The number of methoxy groups -OCH3 is 1. The van der Waals surface area contributed by atoms with Crippen LogP contribution in [0.4, 0.5) is 0 Å². The molecule has 0 aliphatic carbocycles. The van der Waals surface area contributed by atoms with Crippen molar-refractivity contribution < 1.29 is 9.47 Å². The average Bonchev–Trinajstić information content (AvgIpc) is 2.58. The van der Waals surface area contributed by atoms with Crippen LogP contribution in [0.2, 0.25) is 0 Å². The minimum absolute atomic E-state index is 0.0124. The molecule has 28 heavy (non-hydrogen) atoms. The molecule has 0 aliphatic heterocycles. The van der Waals surface area contributed by atoms with Crippen LogP contribution in [0, 0.1) is 6.92 Å². The Kier molecular flexibility index (Phi) is 7.42. The number of rotatable bonds is 6. The van der Waals surface area contributed by atoms with E-state index in [2.05, 4.69) is 84.9 Å². The highest BCUT2D eigenvalue weighted by atomic mass is 31.1. The lowest BCUT2D eigenvalue weighted by molar-refractivity contribution is 0.0506. The number of hydrogen-bond acceptors (Lipinski definition) is 3. The lowest BCUT2D eigenvalue weighted by atomic mass is 9.85. The molecule has 0 saturated heterocycles. The van der Waals surface area contributed by atoms with E-state index < -0.39 is 0 Å². The topological polar surface area (TPSA) is 30.8 Å². The van der Waals surface area contributed by atoms with Crippen molar-refractivity contribution in [2.24, 2.45) is 4.99 Å². The van der Waals surface area contributed by atoms with Crippen LogP contribution in [0.1, 0.15) is 58.2 Å². The Morgan fingerprint density at radius 1 is 1.00 bits per heavy atom. The molecule has 1 atom stereocenters. The molecular weight excluding hydrogens is 365 g/mol. The van der Waals surface area contributed by atoms with Gasteiger partial charge < -0.3 is 9.47 Å². The highest BCUT2D eigenvalue weighted by molar-refractivity contribution is 7.56. The Balaban J connectivity index is 2.52. The zero-order valence-corrected chi connectivity index (χ0v) is 19.5. The predicted molar refractivity (Wildman–Crippen MR) is 124 cm³/mol. The summed E-state index contributed by atoms with van der Waals surface area (Å²) in [5.74, 6) is 0.945. The first-order valence-electron chi connectivity index (χ1n) is 9.69. The van der Waals surface area contributed by atoms with Gasteiger partial charge in [0.05, 0.1) is 5.54 Å². The largest absolute Gasteiger partial charge is 0.467 e. The predicted octanol–water partition coefficient (Wildman–Crippen LogP) is 5.12. The van der Waals surface area contributed by atoms with Gasteiger partial charge in [0.15, 0.2) is 6.79 Å². The number of ether oxygens (including phenoxy) is 2. The fraction of sp³-hybridized carbons (Fsp3) is 0.458. The molecule has 0 radical (unpaired) electrons. The minimum atomic E-state index is -0.0916. The van der Waals surface area contributed by atoms with Crippen molar-refractivity contribution in [2.75, 3.05) is 13.9 Å². The van der Waals surface area contributed by atoms with Crippen LogP contribution >= 0.6 is 8.58 Å². The molecule has 0 N–H and O–H groups in total. The van der Waals surface area contributed by atoms with E-state index in [0.29, 0.717) is 8.58 Å². The number of aryl methyl sites for hydroxylation is 1. The second kappa shape index (κ2) is 9.20. The van der Waals surface area contributed by atoms with Gasteiger partial charge in [-0.15, -0.1) is 0 Å². The van der Waals surface area contributed by atoms with Crippen molar-refractivity contribution >= 4 is 25.4 Å². The normalized spacial score (nSPS) is 13.0. The Hall–Kier alpha value is -1.70. The van der Waals surface area contributed by atoms with Crippen LogP contribution < -0.4 is 15.3 Å². The Morgan fingerprint density at radius 2 is 1.68 bits per heavy atom. The molecule has 0 amide bonds. The van der Waals surface area contributed by atoms with Crippen molar-refractivity contribution in [3.8, 4) is 5.75 Å². The van der Waals surface area contributed by atoms with Crippen LogP contribution in [-0.4, -0.2) is 25.7 Å². The zero-order chi connectivity index (χ0) is 20.9. The minimum Gasteiger partial charge on any atom is -0.467 e. The highest BCUT2D eigenvalue weighted by Gasteiger charge is 2.23. The first-order valence-corrected chi connectivity index (χ1v) is 10.7. The smallest absolute Gasteiger partial charge is 0.188 e. The van der Waals surface area contributed by atoms with Gasteiger partial charge in [-0.2, -0.15) is 0 Å². The molecule has 2 aromatic carbocycles. The van der Waals surface area contributed by atoms with Gasteiger partial charge >= 0.3 is 0 Å².